The van der Waals surface area contributed by atoms with E-state index in [1.165, 1.54) is 29.2 Å². The van der Waals surface area contributed by atoms with Crippen LogP contribution >= 0.6 is 0 Å². The summed E-state index contributed by atoms with van der Waals surface area (Å²) in [7, 11) is -1.45. The van der Waals surface area contributed by atoms with Gasteiger partial charge in [-0.25, -0.2) is 12.8 Å². The fraction of sp³-hybridized carbons (Fsp3) is 0.462. The Morgan fingerprint density at radius 3 is 2.60 bits per heavy atom. The van der Waals surface area contributed by atoms with Gasteiger partial charge in [-0.15, -0.1) is 0 Å². The molecule has 7 heteroatoms. The van der Waals surface area contributed by atoms with E-state index in [0.29, 0.717) is 12.2 Å². The number of amides is 1. The highest BCUT2D eigenvalue weighted by molar-refractivity contribution is 7.91. The maximum Gasteiger partial charge on any atom is 0.260 e. The molecule has 0 saturated carbocycles. The Bertz CT molecular complexity index is 585. The minimum atomic E-state index is -3.02. The summed E-state index contributed by atoms with van der Waals surface area (Å²) in [6, 6.07) is 5.06. The minimum absolute atomic E-state index is 0.00574. The van der Waals surface area contributed by atoms with Gasteiger partial charge >= 0.3 is 0 Å². The molecule has 20 heavy (non-hydrogen) atoms. The molecule has 0 unspecified atom stereocenters. The number of hydrogen-bond acceptors (Lipinski definition) is 4. The van der Waals surface area contributed by atoms with Crippen molar-refractivity contribution in [1.29, 1.82) is 0 Å². The molecule has 1 saturated heterocycles. The molecule has 0 spiro atoms. The number of nitrogens with zero attached hydrogens (tertiary/aromatic N) is 1. The summed E-state index contributed by atoms with van der Waals surface area (Å²) in [6.07, 6.45) is 0.459. The van der Waals surface area contributed by atoms with Gasteiger partial charge < -0.3 is 9.64 Å². The van der Waals surface area contributed by atoms with E-state index in [0.717, 1.165) is 0 Å². The van der Waals surface area contributed by atoms with Gasteiger partial charge in [-0.1, -0.05) is 0 Å². The summed E-state index contributed by atoms with van der Waals surface area (Å²) >= 11 is 0. The Balaban J connectivity index is 1.87. The lowest BCUT2D eigenvalue weighted by Gasteiger charge is -2.23. The first-order valence-electron chi connectivity index (χ1n) is 6.22. The van der Waals surface area contributed by atoms with Gasteiger partial charge in [-0.05, 0) is 30.7 Å². The number of sulfone groups is 1. The standard InChI is InChI=1S/C13H16FNO4S/c1-15(11-6-7-20(17,18)9-11)13(16)8-19-12-4-2-10(14)3-5-12/h2-5,11H,6-9H2,1H3/t11-/m0/s1. The average molecular weight is 301 g/mol. The second-order valence-electron chi connectivity index (χ2n) is 4.80. The summed E-state index contributed by atoms with van der Waals surface area (Å²) in [5, 5.41) is 0. The summed E-state index contributed by atoms with van der Waals surface area (Å²) in [5.41, 5.74) is 0. The maximum absolute atomic E-state index is 12.7. The molecule has 1 aromatic rings. The second kappa shape index (κ2) is 5.78. The fourth-order valence-electron chi connectivity index (χ4n) is 2.06. The number of ether oxygens (including phenoxy) is 1. The van der Waals surface area contributed by atoms with E-state index >= 15 is 0 Å². The van der Waals surface area contributed by atoms with Crippen molar-refractivity contribution in [1.82, 2.24) is 4.90 Å². The van der Waals surface area contributed by atoms with Crippen LogP contribution < -0.4 is 4.74 Å². The van der Waals surface area contributed by atoms with Crippen LogP contribution in [0.4, 0.5) is 4.39 Å². The first-order valence-corrected chi connectivity index (χ1v) is 8.04. The van der Waals surface area contributed by atoms with Crippen molar-refractivity contribution < 1.29 is 22.3 Å². The molecule has 0 N–H and O–H groups in total. The van der Waals surface area contributed by atoms with Crippen LogP contribution in [0.1, 0.15) is 6.42 Å². The summed E-state index contributed by atoms with van der Waals surface area (Å²) in [4.78, 5) is 13.3. The van der Waals surface area contributed by atoms with Gasteiger partial charge in [0.1, 0.15) is 11.6 Å². The largest absolute Gasteiger partial charge is 0.484 e. The van der Waals surface area contributed by atoms with E-state index in [1.807, 2.05) is 0 Å². The quantitative estimate of drug-likeness (QED) is 0.827. The van der Waals surface area contributed by atoms with Gasteiger partial charge in [-0.2, -0.15) is 0 Å². The molecule has 1 amide bonds. The zero-order valence-corrected chi connectivity index (χ0v) is 11.9. The number of rotatable bonds is 4. The molecule has 0 radical (unpaired) electrons. The molecule has 5 nitrogen and oxygen atoms in total. The fourth-order valence-corrected chi connectivity index (χ4v) is 3.84. The van der Waals surface area contributed by atoms with E-state index < -0.39 is 9.84 Å². The molecule has 110 valence electrons. The van der Waals surface area contributed by atoms with E-state index in [4.69, 9.17) is 4.74 Å². The number of carbonyl (C=O) groups excluding carboxylic acids is 1. The predicted octanol–water partition coefficient (Wildman–Crippen LogP) is 0.850. The zero-order valence-electron chi connectivity index (χ0n) is 11.1. The first-order chi connectivity index (χ1) is 9.37. The highest BCUT2D eigenvalue weighted by atomic mass is 32.2. The highest BCUT2D eigenvalue weighted by Gasteiger charge is 2.32. The van der Waals surface area contributed by atoms with Gasteiger partial charge in [0.25, 0.3) is 5.91 Å². The van der Waals surface area contributed by atoms with E-state index in [2.05, 4.69) is 0 Å². The van der Waals surface area contributed by atoms with Crippen LogP contribution in [-0.4, -0.2) is 50.4 Å². The first kappa shape index (κ1) is 14.8. The second-order valence-corrected chi connectivity index (χ2v) is 7.03. The molecule has 1 aliphatic rings. The smallest absolute Gasteiger partial charge is 0.260 e. The summed E-state index contributed by atoms with van der Waals surface area (Å²) < 4.78 is 40.7. The molecule has 0 bridgehead atoms. The lowest BCUT2D eigenvalue weighted by Crippen LogP contribution is -2.40. The zero-order chi connectivity index (χ0) is 14.8. The molecule has 0 aliphatic carbocycles. The van der Waals surface area contributed by atoms with Crippen molar-refractivity contribution in [2.24, 2.45) is 0 Å². The molecule has 0 aromatic heterocycles. The van der Waals surface area contributed by atoms with Crippen molar-refractivity contribution in [3.63, 3.8) is 0 Å². The summed E-state index contributed by atoms with van der Waals surface area (Å²) in [6.45, 7) is -0.196. The number of likely N-dealkylation sites (N-methyl/N-ethyl adjacent to an activating group) is 1. The number of halogens is 1. The Morgan fingerprint density at radius 1 is 1.40 bits per heavy atom. The van der Waals surface area contributed by atoms with Gasteiger partial charge in [0.15, 0.2) is 16.4 Å². The van der Waals surface area contributed by atoms with Crippen molar-refractivity contribution in [3.05, 3.63) is 30.1 Å². The van der Waals surface area contributed by atoms with E-state index in [1.54, 1.807) is 7.05 Å². The van der Waals surface area contributed by atoms with Crippen LogP contribution in [0.25, 0.3) is 0 Å². The molecular formula is C13H16FNO4S. The van der Waals surface area contributed by atoms with Gasteiger partial charge in [0.05, 0.1) is 11.5 Å². The van der Waals surface area contributed by atoms with Crippen LogP contribution in [0.5, 0.6) is 5.75 Å². The molecule has 1 heterocycles. The molecule has 1 atom stereocenters. The molecule has 2 rings (SSSR count). The van der Waals surface area contributed by atoms with E-state index in [9.17, 15) is 17.6 Å². The third-order valence-electron chi connectivity index (χ3n) is 3.33. The third-order valence-corrected chi connectivity index (χ3v) is 5.08. The van der Waals surface area contributed by atoms with Gasteiger partial charge in [-0.3, -0.25) is 4.79 Å². The lowest BCUT2D eigenvalue weighted by molar-refractivity contribution is -0.133. The SMILES string of the molecule is CN(C(=O)COc1ccc(F)cc1)[C@H]1CCS(=O)(=O)C1. The van der Waals surface area contributed by atoms with Crippen LogP contribution in [0, 0.1) is 5.82 Å². The van der Waals surface area contributed by atoms with Crippen molar-refractivity contribution in [2.45, 2.75) is 12.5 Å². The average Bonchev–Trinajstić information content (AvgIpc) is 2.77. The summed E-state index contributed by atoms with van der Waals surface area (Å²) in [5.74, 6) is -0.152. The lowest BCUT2D eigenvalue weighted by atomic mass is 10.2. The Hall–Kier alpha value is -1.63. The number of hydrogen-bond donors (Lipinski definition) is 0. The number of carbonyl (C=O) groups is 1. The minimum Gasteiger partial charge on any atom is -0.484 e. The van der Waals surface area contributed by atoms with E-state index in [-0.39, 0.29) is 35.9 Å². The Morgan fingerprint density at radius 2 is 2.05 bits per heavy atom. The molecule has 1 fully saturated rings. The number of benzene rings is 1. The Kier molecular flexibility index (Phi) is 4.27. The third kappa shape index (κ3) is 3.69. The highest BCUT2D eigenvalue weighted by Crippen LogP contribution is 2.17. The maximum atomic E-state index is 12.7. The topological polar surface area (TPSA) is 63.7 Å². The monoisotopic (exact) mass is 301 g/mol. The molecule has 1 aliphatic heterocycles. The van der Waals surface area contributed by atoms with Crippen molar-refractivity contribution >= 4 is 15.7 Å². The van der Waals surface area contributed by atoms with Crippen LogP contribution in [0.2, 0.25) is 0 Å². The van der Waals surface area contributed by atoms with Crippen LogP contribution in [0.15, 0.2) is 24.3 Å². The molecular weight excluding hydrogens is 285 g/mol. The van der Waals surface area contributed by atoms with Gasteiger partial charge in [0.2, 0.25) is 0 Å². The van der Waals surface area contributed by atoms with Crippen LogP contribution in [0.3, 0.4) is 0 Å². The Labute approximate surface area is 117 Å². The van der Waals surface area contributed by atoms with Crippen molar-refractivity contribution in [2.75, 3.05) is 25.2 Å². The van der Waals surface area contributed by atoms with Crippen molar-refractivity contribution in [3.8, 4) is 5.75 Å². The van der Waals surface area contributed by atoms with Gasteiger partial charge in [0, 0.05) is 13.1 Å². The molecule has 1 aromatic carbocycles. The normalized spacial score (nSPS) is 20.6. The van der Waals surface area contributed by atoms with Crippen LogP contribution in [-0.2, 0) is 14.6 Å². The predicted molar refractivity (Wildman–Crippen MR) is 71.7 cm³/mol.